The minimum atomic E-state index is -0.0888. The van der Waals surface area contributed by atoms with Crippen molar-refractivity contribution in [2.75, 3.05) is 19.6 Å². The fourth-order valence-electron chi connectivity index (χ4n) is 2.92. The van der Waals surface area contributed by atoms with Gasteiger partial charge in [0.05, 0.1) is 5.41 Å². The molecule has 1 saturated heterocycles. The maximum absolute atomic E-state index is 12.4. The summed E-state index contributed by atoms with van der Waals surface area (Å²) in [5.41, 5.74) is -0.0888. The van der Waals surface area contributed by atoms with Gasteiger partial charge >= 0.3 is 0 Å². The van der Waals surface area contributed by atoms with E-state index in [-0.39, 0.29) is 5.41 Å². The van der Waals surface area contributed by atoms with Crippen LogP contribution in [0.2, 0.25) is 0 Å². The standard InChI is InChI=1S/C14H26N2O/c1-3-14(6-8-15-9-7-14)13(17)16-10-11(2)12-4-5-12/h11-12,15H,3-10H2,1-2H3,(H,16,17). The first-order valence-corrected chi connectivity index (χ1v) is 7.17. The number of carbonyl (C=O) groups is 1. The summed E-state index contributed by atoms with van der Waals surface area (Å²) in [5, 5.41) is 6.54. The van der Waals surface area contributed by atoms with Crippen LogP contribution in [0.25, 0.3) is 0 Å². The van der Waals surface area contributed by atoms with Crippen molar-refractivity contribution < 1.29 is 4.79 Å². The van der Waals surface area contributed by atoms with Crippen molar-refractivity contribution in [2.45, 2.75) is 46.0 Å². The Morgan fingerprint density at radius 2 is 2.06 bits per heavy atom. The predicted octanol–water partition coefficient (Wildman–Crippen LogP) is 1.93. The molecule has 1 saturated carbocycles. The Kier molecular flexibility index (Phi) is 4.08. The molecule has 1 heterocycles. The molecule has 0 spiro atoms. The number of amides is 1. The first-order valence-electron chi connectivity index (χ1n) is 7.17. The molecular formula is C14H26N2O. The molecule has 3 nitrogen and oxygen atoms in total. The highest BCUT2D eigenvalue weighted by atomic mass is 16.2. The van der Waals surface area contributed by atoms with Gasteiger partial charge in [-0.05, 0) is 57.0 Å². The molecule has 2 rings (SSSR count). The molecule has 1 aliphatic heterocycles. The van der Waals surface area contributed by atoms with Gasteiger partial charge in [0.2, 0.25) is 5.91 Å². The number of nitrogens with one attached hydrogen (secondary N) is 2. The van der Waals surface area contributed by atoms with Crippen LogP contribution in [-0.4, -0.2) is 25.5 Å². The third-order valence-electron chi connectivity index (χ3n) is 4.73. The normalized spacial score (nSPS) is 25.3. The molecule has 0 aromatic rings. The highest BCUT2D eigenvalue weighted by Gasteiger charge is 2.38. The molecule has 2 aliphatic rings. The van der Waals surface area contributed by atoms with E-state index in [0.717, 1.165) is 44.8 Å². The van der Waals surface area contributed by atoms with Crippen LogP contribution in [0.3, 0.4) is 0 Å². The third kappa shape index (κ3) is 3.01. The van der Waals surface area contributed by atoms with Crippen LogP contribution in [0.5, 0.6) is 0 Å². The molecule has 2 N–H and O–H groups in total. The minimum Gasteiger partial charge on any atom is -0.355 e. The number of rotatable bonds is 5. The molecule has 3 heteroatoms. The van der Waals surface area contributed by atoms with Gasteiger partial charge < -0.3 is 10.6 Å². The van der Waals surface area contributed by atoms with E-state index >= 15 is 0 Å². The summed E-state index contributed by atoms with van der Waals surface area (Å²) < 4.78 is 0. The molecule has 1 atom stereocenters. The fourth-order valence-corrected chi connectivity index (χ4v) is 2.92. The summed E-state index contributed by atoms with van der Waals surface area (Å²) in [6.07, 6.45) is 5.68. The van der Waals surface area contributed by atoms with Crippen molar-refractivity contribution in [1.29, 1.82) is 0 Å². The lowest BCUT2D eigenvalue weighted by Gasteiger charge is -2.35. The molecule has 0 aromatic carbocycles. The van der Waals surface area contributed by atoms with Crippen LogP contribution in [0.15, 0.2) is 0 Å². The molecule has 0 radical (unpaired) electrons. The largest absolute Gasteiger partial charge is 0.355 e. The fraction of sp³-hybridized carbons (Fsp3) is 0.929. The number of carbonyl (C=O) groups excluding carboxylic acids is 1. The Balaban J connectivity index is 1.83. The van der Waals surface area contributed by atoms with Crippen molar-refractivity contribution >= 4 is 5.91 Å². The van der Waals surface area contributed by atoms with Gasteiger partial charge in [0.1, 0.15) is 0 Å². The zero-order valence-corrected chi connectivity index (χ0v) is 11.2. The first kappa shape index (κ1) is 12.9. The van der Waals surface area contributed by atoms with E-state index in [0.29, 0.717) is 11.8 Å². The summed E-state index contributed by atoms with van der Waals surface area (Å²) in [6, 6.07) is 0. The van der Waals surface area contributed by atoms with E-state index in [1.54, 1.807) is 0 Å². The second kappa shape index (κ2) is 5.38. The second-order valence-corrected chi connectivity index (χ2v) is 5.91. The van der Waals surface area contributed by atoms with Gasteiger partial charge in [-0.3, -0.25) is 4.79 Å². The Morgan fingerprint density at radius 3 is 2.59 bits per heavy atom. The van der Waals surface area contributed by atoms with Gasteiger partial charge in [-0.25, -0.2) is 0 Å². The number of piperidine rings is 1. The van der Waals surface area contributed by atoms with Crippen LogP contribution in [0.1, 0.15) is 46.0 Å². The van der Waals surface area contributed by atoms with Crippen molar-refractivity contribution in [2.24, 2.45) is 17.3 Å². The molecule has 17 heavy (non-hydrogen) atoms. The zero-order chi connectivity index (χ0) is 12.3. The summed E-state index contributed by atoms with van der Waals surface area (Å²) >= 11 is 0. The van der Waals surface area contributed by atoms with E-state index in [9.17, 15) is 4.79 Å². The average molecular weight is 238 g/mol. The minimum absolute atomic E-state index is 0.0888. The molecule has 2 fully saturated rings. The monoisotopic (exact) mass is 238 g/mol. The van der Waals surface area contributed by atoms with Gasteiger partial charge in [0, 0.05) is 6.54 Å². The van der Waals surface area contributed by atoms with Crippen LogP contribution in [0.4, 0.5) is 0 Å². The predicted molar refractivity (Wildman–Crippen MR) is 69.7 cm³/mol. The molecule has 98 valence electrons. The Morgan fingerprint density at radius 1 is 1.41 bits per heavy atom. The van der Waals surface area contributed by atoms with E-state index in [4.69, 9.17) is 0 Å². The molecule has 1 amide bonds. The van der Waals surface area contributed by atoms with Crippen molar-refractivity contribution in [3.05, 3.63) is 0 Å². The van der Waals surface area contributed by atoms with Crippen LogP contribution in [-0.2, 0) is 4.79 Å². The Bertz CT molecular complexity index is 267. The number of hydrogen-bond donors (Lipinski definition) is 2. The van der Waals surface area contributed by atoms with Crippen molar-refractivity contribution in [3.63, 3.8) is 0 Å². The van der Waals surface area contributed by atoms with Gasteiger partial charge in [0.15, 0.2) is 0 Å². The van der Waals surface area contributed by atoms with Crippen LogP contribution in [0, 0.1) is 17.3 Å². The SMILES string of the molecule is CCC1(C(=O)NCC(C)C2CC2)CCNCC1. The lowest BCUT2D eigenvalue weighted by Crippen LogP contribution is -2.48. The van der Waals surface area contributed by atoms with E-state index in [2.05, 4.69) is 24.5 Å². The summed E-state index contributed by atoms with van der Waals surface area (Å²) in [4.78, 5) is 12.4. The van der Waals surface area contributed by atoms with Crippen LogP contribution >= 0.6 is 0 Å². The van der Waals surface area contributed by atoms with Crippen molar-refractivity contribution in [3.8, 4) is 0 Å². The molecule has 1 aliphatic carbocycles. The average Bonchev–Trinajstić information content (AvgIpc) is 3.20. The summed E-state index contributed by atoms with van der Waals surface area (Å²) in [7, 11) is 0. The highest BCUT2D eigenvalue weighted by molar-refractivity contribution is 5.82. The van der Waals surface area contributed by atoms with Gasteiger partial charge in [-0.2, -0.15) is 0 Å². The van der Waals surface area contributed by atoms with Crippen molar-refractivity contribution in [1.82, 2.24) is 10.6 Å². The zero-order valence-electron chi connectivity index (χ0n) is 11.2. The summed E-state index contributed by atoms with van der Waals surface area (Å²) in [6.45, 7) is 7.26. The molecule has 0 bridgehead atoms. The quantitative estimate of drug-likeness (QED) is 0.768. The van der Waals surface area contributed by atoms with Gasteiger partial charge in [0.25, 0.3) is 0 Å². The maximum atomic E-state index is 12.4. The molecular weight excluding hydrogens is 212 g/mol. The van der Waals surface area contributed by atoms with Crippen LogP contribution < -0.4 is 10.6 Å². The molecule has 0 aromatic heterocycles. The third-order valence-corrected chi connectivity index (χ3v) is 4.73. The first-order chi connectivity index (χ1) is 8.18. The van der Waals surface area contributed by atoms with E-state index in [1.807, 2.05) is 0 Å². The number of hydrogen-bond acceptors (Lipinski definition) is 2. The summed E-state index contributed by atoms with van der Waals surface area (Å²) in [5.74, 6) is 1.84. The Labute approximate surface area is 105 Å². The van der Waals surface area contributed by atoms with Gasteiger partial charge in [-0.15, -0.1) is 0 Å². The second-order valence-electron chi connectivity index (χ2n) is 5.91. The van der Waals surface area contributed by atoms with Gasteiger partial charge in [-0.1, -0.05) is 13.8 Å². The lowest BCUT2D eigenvalue weighted by atomic mass is 9.76. The smallest absolute Gasteiger partial charge is 0.226 e. The lowest BCUT2D eigenvalue weighted by molar-refractivity contribution is -0.133. The highest BCUT2D eigenvalue weighted by Crippen LogP contribution is 2.37. The molecule has 1 unspecified atom stereocenters. The Hall–Kier alpha value is -0.570. The topological polar surface area (TPSA) is 41.1 Å². The van der Waals surface area contributed by atoms with E-state index in [1.165, 1.54) is 12.8 Å². The van der Waals surface area contributed by atoms with E-state index < -0.39 is 0 Å². The maximum Gasteiger partial charge on any atom is 0.226 e.